The number of carbonyl (C=O) groups excluding carboxylic acids is 1. The monoisotopic (exact) mass is 383 g/mol. The molecule has 0 spiro atoms. The van der Waals surface area contributed by atoms with Crippen molar-refractivity contribution in [1.82, 2.24) is 19.5 Å². The highest BCUT2D eigenvalue weighted by atomic mass is 16.4. The SMILES string of the molecule is CCCCc1nc2c(ncn2C(C)C(=O)Nc2ccc(C(=O)O)cc2)c(=O)[nH]1. The maximum atomic E-state index is 12.6. The van der Waals surface area contributed by atoms with Gasteiger partial charge in [0.25, 0.3) is 5.56 Å². The normalized spacial score (nSPS) is 12.1. The molecule has 0 aliphatic heterocycles. The van der Waals surface area contributed by atoms with Crippen LogP contribution in [-0.4, -0.2) is 36.5 Å². The number of unbranched alkanes of at least 4 members (excludes halogenated alkanes) is 1. The van der Waals surface area contributed by atoms with E-state index < -0.39 is 12.0 Å². The third-order valence-corrected chi connectivity index (χ3v) is 4.44. The summed E-state index contributed by atoms with van der Waals surface area (Å²) in [5.74, 6) is -0.802. The van der Waals surface area contributed by atoms with Gasteiger partial charge in [-0.3, -0.25) is 9.59 Å². The summed E-state index contributed by atoms with van der Waals surface area (Å²) in [6.07, 6.45) is 3.93. The molecule has 3 rings (SSSR count). The standard InChI is InChI=1S/C19H21N5O4/c1-3-4-5-14-22-16-15(18(26)23-14)20-10-24(16)11(2)17(25)21-13-8-6-12(7-9-13)19(27)28/h6-11H,3-5H2,1-2H3,(H,21,25)(H,27,28)(H,22,23,26). The van der Waals surface area contributed by atoms with E-state index >= 15 is 0 Å². The van der Waals surface area contributed by atoms with Crippen LogP contribution in [0.1, 0.15) is 48.9 Å². The summed E-state index contributed by atoms with van der Waals surface area (Å²) >= 11 is 0. The highest BCUT2D eigenvalue weighted by Crippen LogP contribution is 2.17. The first kappa shape index (κ1) is 19.3. The van der Waals surface area contributed by atoms with Crippen molar-refractivity contribution in [2.75, 3.05) is 5.32 Å². The summed E-state index contributed by atoms with van der Waals surface area (Å²) in [5.41, 5.74) is 0.826. The third-order valence-electron chi connectivity index (χ3n) is 4.44. The Kier molecular flexibility index (Phi) is 5.53. The van der Waals surface area contributed by atoms with Crippen molar-refractivity contribution in [2.24, 2.45) is 0 Å². The van der Waals surface area contributed by atoms with Crippen molar-refractivity contribution in [2.45, 2.75) is 39.2 Å². The molecule has 1 unspecified atom stereocenters. The number of imidazole rings is 1. The molecule has 0 bridgehead atoms. The number of rotatable bonds is 7. The average molecular weight is 383 g/mol. The number of fused-ring (bicyclic) bond motifs is 1. The second-order valence-electron chi connectivity index (χ2n) is 6.49. The lowest BCUT2D eigenvalue weighted by atomic mass is 10.2. The molecule has 3 N–H and O–H groups in total. The largest absolute Gasteiger partial charge is 0.478 e. The summed E-state index contributed by atoms with van der Waals surface area (Å²) in [6.45, 7) is 3.73. The van der Waals surface area contributed by atoms with Gasteiger partial charge in [0.15, 0.2) is 11.2 Å². The van der Waals surface area contributed by atoms with Gasteiger partial charge in [0.1, 0.15) is 11.9 Å². The number of nitrogens with zero attached hydrogens (tertiary/aromatic N) is 3. The first-order valence-electron chi connectivity index (χ1n) is 9.00. The Labute approximate surface area is 160 Å². The van der Waals surface area contributed by atoms with Gasteiger partial charge >= 0.3 is 5.97 Å². The molecule has 0 radical (unpaired) electrons. The number of H-pyrrole nitrogens is 1. The number of hydrogen-bond donors (Lipinski definition) is 3. The molecular formula is C19H21N5O4. The van der Waals surface area contributed by atoms with Gasteiger partial charge in [-0.15, -0.1) is 0 Å². The topological polar surface area (TPSA) is 130 Å². The van der Waals surface area contributed by atoms with E-state index in [4.69, 9.17) is 5.11 Å². The minimum Gasteiger partial charge on any atom is -0.478 e. The van der Waals surface area contributed by atoms with Crippen molar-refractivity contribution in [3.05, 3.63) is 52.3 Å². The quantitative estimate of drug-likeness (QED) is 0.574. The minimum atomic E-state index is -1.04. The summed E-state index contributed by atoms with van der Waals surface area (Å²) < 4.78 is 1.56. The molecule has 1 amide bonds. The fraction of sp³-hybridized carbons (Fsp3) is 0.316. The van der Waals surface area contributed by atoms with Gasteiger partial charge in [0, 0.05) is 12.1 Å². The van der Waals surface area contributed by atoms with E-state index in [-0.39, 0.29) is 22.5 Å². The second kappa shape index (κ2) is 8.03. The molecule has 146 valence electrons. The fourth-order valence-corrected chi connectivity index (χ4v) is 2.79. The Balaban J connectivity index is 1.84. The molecule has 9 nitrogen and oxygen atoms in total. The fourth-order valence-electron chi connectivity index (χ4n) is 2.79. The van der Waals surface area contributed by atoms with E-state index in [1.165, 1.54) is 30.6 Å². The Morgan fingerprint density at radius 3 is 2.64 bits per heavy atom. The number of anilines is 1. The zero-order chi connectivity index (χ0) is 20.3. The predicted octanol–water partition coefficient (Wildman–Crippen LogP) is 2.36. The molecule has 2 aromatic heterocycles. The average Bonchev–Trinajstić information content (AvgIpc) is 3.10. The number of carbonyl (C=O) groups is 2. The van der Waals surface area contributed by atoms with Crippen LogP contribution in [0.15, 0.2) is 35.4 Å². The van der Waals surface area contributed by atoms with Crippen molar-refractivity contribution < 1.29 is 14.7 Å². The maximum absolute atomic E-state index is 12.6. The predicted molar refractivity (Wildman–Crippen MR) is 104 cm³/mol. The number of aromatic carboxylic acids is 1. The van der Waals surface area contributed by atoms with Crippen molar-refractivity contribution >= 4 is 28.7 Å². The lowest BCUT2D eigenvalue weighted by Crippen LogP contribution is -2.24. The number of carboxylic acid groups (broad SMARTS) is 1. The lowest BCUT2D eigenvalue weighted by Gasteiger charge is -2.14. The van der Waals surface area contributed by atoms with Crippen LogP contribution in [0.25, 0.3) is 11.2 Å². The number of aryl methyl sites for hydroxylation is 1. The molecule has 0 saturated carbocycles. The van der Waals surface area contributed by atoms with Crippen LogP contribution in [0, 0.1) is 0 Å². The third kappa shape index (κ3) is 3.93. The van der Waals surface area contributed by atoms with Gasteiger partial charge in [-0.2, -0.15) is 0 Å². The molecule has 28 heavy (non-hydrogen) atoms. The number of hydrogen-bond acceptors (Lipinski definition) is 5. The highest BCUT2D eigenvalue weighted by molar-refractivity contribution is 5.95. The zero-order valence-corrected chi connectivity index (χ0v) is 15.6. The van der Waals surface area contributed by atoms with Crippen LogP contribution < -0.4 is 10.9 Å². The number of nitrogens with one attached hydrogen (secondary N) is 2. The van der Waals surface area contributed by atoms with Gasteiger partial charge in [-0.05, 0) is 37.6 Å². The van der Waals surface area contributed by atoms with Crippen molar-refractivity contribution in [1.29, 1.82) is 0 Å². The Morgan fingerprint density at radius 1 is 1.29 bits per heavy atom. The molecule has 9 heteroatoms. The van der Waals surface area contributed by atoms with E-state index in [0.717, 1.165) is 12.8 Å². The second-order valence-corrected chi connectivity index (χ2v) is 6.49. The molecule has 1 atom stereocenters. The summed E-state index contributed by atoms with van der Waals surface area (Å²) in [5, 5.41) is 11.7. The minimum absolute atomic E-state index is 0.134. The summed E-state index contributed by atoms with van der Waals surface area (Å²) in [4.78, 5) is 47.1. The Bertz CT molecular complexity index is 1070. The highest BCUT2D eigenvalue weighted by Gasteiger charge is 2.20. The van der Waals surface area contributed by atoms with Gasteiger partial charge in [0.05, 0.1) is 11.9 Å². The molecular weight excluding hydrogens is 362 g/mol. The molecule has 3 aromatic rings. The van der Waals surface area contributed by atoms with Crippen LogP contribution in [0.3, 0.4) is 0 Å². The first-order chi connectivity index (χ1) is 13.4. The molecule has 0 aliphatic rings. The Morgan fingerprint density at radius 2 is 2.00 bits per heavy atom. The molecule has 0 saturated heterocycles. The van der Waals surface area contributed by atoms with Crippen molar-refractivity contribution in [3.63, 3.8) is 0 Å². The summed E-state index contributed by atoms with van der Waals surface area (Å²) in [7, 11) is 0. The van der Waals surface area contributed by atoms with E-state index in [1.807, 2.05) is 0 Å². The van der Waals surface area contributed by atoms with Crippen LogP contribution in [0.5, 0.6) is 0 Å². The molecule has 1 aromatic carbocycles. The number of aromatic nitrogens is 4. The number of carboxylic acids is 1. The lowest BCUT2D eigenvalue weighted by molar-refractivity contribution is -0.118. The molecule has 0 fully saturated rings. The van der Waals surface area contributed by atoms with Crippen LogP contribution in [0.2, 0.25) is 0 Å². The van der Waals surface area contributed by atoms with E-state index in [9.17, 15) is 14.4 Å². The van der Waals surface area contributed by atoms with Crippen LogP contribution in [0.4, 0.5) is 5.69 Å². The van der Waals surface area contributed by atoms with Crippen LogP contribution >= 0.6 is 0 Å². The van der Waals surface area contributed by atoms with Gasteiger partial charge < -0.3 is 20.0 Å². The Hall–Kier alpha value is -3.49. The molecule has 0 aliphatic carbocycles. The number of benzene rings is 1. The van der Waals surface area contributed by atoms with Gasteiger partial charge in [-0.1, -0.05) is 13.3 Å². The number of aromatic amines is 1. The zero-order valence-electron chi connectivity index (χ0n) is 15.6. The first-order valence-corrected chi connectivity index (χ1v) is 9.00. The summed E-state index contributed by atoms with van der Waals surface area (Å²) in [6, 6.07) is 5.20. The smallest absolute Gasteiger partial charge is 0.335 e. The van der Waals surface area contributed by atoms with E-state index in [1.54, 1.807) is 11.5 Å². The van der Waals surface area contributed by atoms with Gasteiger partial charge in [0.2, 0.25) is 5.91 Å². The number of amides is 1. The van der Waals surface area contributed by atoms with Gasteiger partial charge in [-0.25, -0.2) is 14.8 Å². The van der Waals surface area contributed by atoms with E-state index in [0.29, 0.717) is 23.6 Å². The maximum Gasteiger partial charge on any atom is 0.335 e. The van der Waals surface area contributed by atoms with Crippen molar-refractivity contribution in [3.8, 4) is 0 Å². The van der Waals surface area contributed by atoms with Crippen LogP contribution in [-0.2, 0) is 11.2 Å². The molecule has 2 heterocycles. The van der Waals surface area contributed by atoms with E-state index in [2.05, 4.69) is 27.2 Å².